The summed E-state index contributed by atoms with van der Waals surface area (Å²) in [7, 11) is 0. The fourth-order valence-electron chi connectivity index (χ4n) is 1.84. The minimum Gasteiger partial charge on any atom is -0.348 e. The summed E-state index contributed by atoms with van der Waals surface area (Å²) in [5.41, 5.74) is 6.32. The zero-order valence-corrected chi connectivity index (χ0v) is 9.44. The molecule has 0 radical (unpaired) electrons. The minimum atomic E-state index is -0.629. The third kappa shape index (κ3) is 2.07. The number of carbonyl (C=O) groups is 1. The molecule has 1 heterocycles. The number of pyridine rings is 1. The Morgan fingerprint density at radius 3 is 2.88 bits per heavy atom. The van der Waals surface area contributed by atoms with Crippen molar-refractivity contribution in [1.29, 1.82) is 0 Å². The highest BCUT2D eigenvalue weighted by molar-refractivity contribution is 5.87. The number of nitrogens with two attached hydrogens (primary N) is 1. The topological polar surface area (TPSA) is 68.0 Å². The second-order valence-electron chi connectivity index (χ2n) is 4.49. The molecule has 1 amide bonds. The summed E-state index contributed by atoms with van der Waals surface area (Å²) in [5.74, 6) is -0.0462. The summed E-state index contributed by atoms with van der Waals surface area (Å²) in [5, 5.41) is 2.93. The van der Waals surface area contributed by atoms with Crippen LogP contribution < -0.4 is 11.1 Å². The van der Waals surface area contributed by atoms with Gasteiger partial charge < -0.3 is 11.1 Å². The van der Waals surface area contributed by atoms with E-state index in [1.165, 1.54) is 0 Å². The maximum atomic E-state index is 11.9. The lowest BCUT2D eigenvalue weighted by Crippen LogP contribution is -2.58. The third-order valence-corrected chi connectivity index (χ3v) is 3.23. The predicted octanol–water partition coefficient (Wildman–Crippen LogP) is 1.14. The molecule has 0 spiro atoms. The molecule has 1 saturated carbocycles. The van der Waals surface area contributed by atoms with Crippen molar-refractivity contribution in [3.05, 3.63) is 30.1 Å². The van der Waals surface area contributed by atoms with Gasteiger partial charge in [-0.05, 0) is 37.8 Å². The summed E-state index contributed by atoms with van der Waals surface area (Å²) in [6.07, 6.45) is 6.10. The Hall–Kier alpha value is -1.42. The van der Waals surface area contributed by atoms with Crippen molar-refractivity contribution in [3.63, 3.8) is 0 Å². The number of nitrogens with one attached hydrogen (secondary N) is 1. The molecule has 1 aliphatic rings. The van der Waals surface area contributed by atoms with Crippen LogP contribution in [-0.2, 0) is 4.79 Å². The smallest absolute Gasteiger partial charge is 0.240 e. The van der Waals surface area contributed by atoms with Crippen LogP contribution in [0.5, 0.6) is 0 Å². The Bertz CT molecular complexity index is 373. The van der Waals surface area contributed by atoms with Crippen molar-refractivity contribution < 1.29 is 4.79 Å². The van der Waals surface area contributed by atoms with E-state index in [4.69, 9.17) is 5.73 Å². The van der Waals surface area contributed by atoms with Crippen LogP contribution in [0.4, 0.5) is 0 Å². The zero-order chi connectivity index (χ0) is 11.6. The van der Waals surface area contributed by atoms with Crippen LogP contribution in [0.3, 0.4) is 0 Å². The number of amides is 1. The van der Waals surface area contributed by atoms with E-state index in [9.17, 15) is 4.79 Å². The molecule has 2 rings (SSSR count). The average Bonchev–Trinajstić information content (AvgIpc) is 2.27. The molecule has 0 aliphatic heterocycles. The molecule has 0 aromatic carbocycles. The van der Waals surface area contributed by atoms with E-state index < -0.39 is 5.54 Å². The second-order valence-corrected chi connectivity index (χ2v) is 4.49. The van der Waals surface area contributed by atoms with Crippen LogP contribution in [0.25, 0.3) is 0 Å². The summed E-state index contributed by atoms with van der Waals surface area (Å²) < 4.78 is 0. The van der Waals surface area contributed by atoms with Crippen LogP contribution in [0.15, 0.2) is 24.5 Å². The Labute approximate surface area is 95.3 Å². The van der Waals surface area contributed by atoms with Gasteiger partial charge in [-0.25, -0.2) is 0 Å². The molecule has 0 saturated heterocycles. The van der Waals surface area contributed by atoms with Crippen molar-refractivity contribution in [3.8, 4) is 0 Å². The Balaban J connectivity index is 1.97. The van der Waals surface area contributed by atoms with Crippen LogP contribution in [0.2, 0.25) is 0 Å². The molecule has 86 valence electrons. The summed E-state index contributed by atoms with van der Waals surface area (Å²) in [4.78, 5) is 15.9. The SMILES string of the molecule is C[C@@H](NC(=O)C1(N)CCC1)c1cccnc1. The molecule has 1 aromatic heterocycles. The van der Waals surface area contributed by atoms with Crippen molar-refractivity contribution in [2.24, 2.45) is 5.73 Å². The van der Waals surface area contributed by atoms with E-state index >= 15 is 0 Å². The molecule has 16 heavy (non-hydrogen) atoms. The number of carbonyl (C=O) groups excluding carboxylic acids is 1. The van der Waals surface area contributed by atoms with E-state index in [2.05, 4.69) is 10.3 Å². The lowest BCUT2D eigenvalue weighted by molar-refractivity contribution is -0.129. The maximum absolute atomic E-state index is 11.9. The van der Waals surface area contributed by atoms with E-state index in [1.807, 2.05) is 19.1 Å². The fourth-order valence-corrected chi connectivity index (χ4v) is 1.84. The highest BCUT2D eigenvalue weighted by atomic mass is 16.2. The Kier molecular flexibility index (Phi) is 2.92. The first-order valence-corrected chi connectivity index (χ1v) is 5.62. The molecular formula is C12H17N3O. The third-order valence-electron chi connectivity index (χ3n) is 3.23. The van der Waals surface area contributed by atoms with Crippen LogP contribution >= 0.6 is 0 Å². The zero-order valence-electron chi connectivity index (χ0n) is 9.44. The number of rotatable bonds is 3. The summed E-state index contributed by atoms with van der Waals surface area (Å²) in [6, 6.07) is 3.77. The van der Waals surface area contributed by atoms with Gasteiger partial charge in [0.1, 0.15) is 0 Å². The monoisotopic (exact) mass is 219 g/mol. The summed E-state index contributed by atoms with van der Waals surface area (Å²) in [6.45, 7) is 1.94. The molecule has 3 N–H and O–H groups in total. The molecule has 4 nitrogen and oxygen atoms in total. The highest BCUT2D eigenvalue weighted by Crippen LogP contribution is 2.29. The van der Waals surface area contributed by atoms with Crippen molar-refractivity contribution in [1.82, 2.24) is 10.3 Å². The average molecular weight is 219 g/mol. The largest absolute Gasteiger partial charge is 0.348 e. The van der Waals surface area contributed by atoms with Gasteiger partial charge in [-0.15, -0.1) is 0 Å². The van der Waals surface area contributed by atoms with E-state index in [0.29, 0.717) is 0 Å². The molecule has 0 bridgehead atoms. The maximum Gasteiger partial charge on any atom is 0.240 e. The van der Waals surface area contributed by atoms with Gasteiger partial charge in [0, 0.05) is 12.4 Å². The van der Waals surface area contributed by atoms with E-state index in [1.54, 1.807) is 12.4 Å². The van der Waals surface area contributed by atoms with Gasteiger partial charge in [0.05, 0.1) is 11.6 Å². The van der Waals surface area contributed by atoms with Crippen LogP contribution in [-0.4, -0.2) is 16.4 Å². The van der Waals surface area contributed by atoms with Crippen LogP contribution in [0, 0.1) is 0 Å². The molecular weight excluding hydrogens is 202 g/mol. The van der Waals surface area contributed by atoms with Gasteiger partial charge in [0.15, 0.2) is 0 Å². The molecule has 1 aliphatic carbocycles. The number of hydrogen-bond donors (Lipinski definition) is 2. The minimum absolute atomic E-state index is 0.0396. The van der Waals surface area contributed by atoms with Crippen LogP contribution in [0.1, 0.15) is 37.8 Å². The van der Waals surface area contributed by atoms with Gasteiger partial charge in [-0.3, -0.25) is 9.78 Å². The number of nitrogens with zero attached hydrogens (tertiary/aromatic N) is 1. The number of hydrogen-bond acceptors (Lipinski definition) is 3. The Morgan fingerprint density at radius 2 is 2.38 bits per heavy atom. The molecule has 1 fully saturated rings. The standard InChI is InChI=1S/C12H17N3O/c1-9(10-4-2-7-14-8-10)15-11(16)12(13)5-3-6-12/h2,4,7-9H,3,5-6,13H2,1H3,(H,15,16)/t9-/m1/s1. The Morgan fingerprint density at radius 1 is 1.62 bits per heavy atom. The molecule has 1 atom stereocenters. The van der Waals surface area contributed by atoms with Crippen molar-refractivity contribution >= 4 is 5.91 Å². The van der Waals surface area contributed by atoms with Crippen molar-refractivity contribution in [2.75, 3.05) is 0 Å². The highest BCUT2D eigenvalue weighted by Gasteiger charge is 2.40. The predicted molar refractivity (Wildman–Crippen MR) is 61.6 cm³/mol. The van der Waals surface area contributed by atoms with Crippen molar-refractivity contribution in [2.45, 2.75) is 37.8 Å². The van der Waals surface area contributed by atoms with Gasteiger partial charge >= 0.3 is 0 Å². The first-order chi connectivity index (χ1) is 7.62. The lowest BCUT2D eigenvalue weighted by Gasteiger charge is -2.37. The van der Waals surface area contributed by atoms with E-state index in [-0.39, 0.29) is 11.9 Å². The quantitative estimate of drug-likeness (QED) is 0.801. The first-order valence-electron chi connectivity index (χ1n) is 5.62. The van der Waals surface area contributed by atoms with Gasteiger partial charge in [0.25, 0.3) is 0 Å². The number of aromatic nitrogens is 1. The van der Waals surface area contributed by atoms with Gasteiger partial charge in [-0.1, -0.05) is 6.07 Å². The molecule has 1 aromatic rings. The van der Waals surface area contributed by atoms with Gasteiger partial charge in [0.2, 0.25) is 5.91 Å². The second kappa shape index (κ2) is 4.22. The molecule has 0 unspecified atom stereocenters. The molecule has 4 heteroatoms. The van der Waals surface area contributed by atoms with E-state index in [0.717, 1.165) is 24.8 Å². The summed E-state index contributed by atoms with van der Waals surface area (Å²) >= 11 is 0. The first kappa shape index (κ1) is 11.1. The normalized spacial score (nSPS) is 19.6. The van der Waals surface area contributed by atoms with Gasteiger partial charge in [-0.2, -0.15) is 0 Å². The fraction of sp³-hybridized carbons (Fsp3) is 0.500. The lowest BCUT2D eigenvalue weighted by atomic mass is 9.77.